The average molecular weight is 289 g/mol. The van der Waals surface area contributed by atoms with E-state index in [1.54, 1.807) is 17.1 Å². The molecule has 0 saturated heterocycles. The molecule has 21 heavy (non-hydrogen) atoms. The van der Waals surface area contributed by atoms with Crippen LogP contribution in [0.1, 0.15) is 34.1 Å². The van der Waals surface area contributed by atoms with Gasteiger partial charge in [-0.2, -0.15) is 15.0 Å². The molecule has 0 aromatic carbocycles. The molecule has 7 nitrogen and oxygen atoms in total. The molecule has 0 radical (unpaired) electrons. The minimum atomic E-state index is 0.377. The van der Waals surface area contributed by atoms with Gasteiger partial charge in [-0.05, 0) is 27.2 Å². The van der Waals surface area contributed by atoms with Gasteiger partial charge in [0.15, 0.2) is 0 Å². The highest BCUT2D eigenvalue weighted by molar-refractivity contribution is 5.40. The largest absolute Gasteiger partial charge is 0.354 e. The summed E-state index contributed by atoms with van der Waals surface area (Å²) < 4.78 is 1.79. The number of nitrogens with one attached hydrogen (secondary N) is 1. The molecule has 2 aromatic heterocycles. The van der Waals surface area contributed by atoms with Crippen molar-refractivity contribution in [2.75, 3.05) is 23.3 Å². The van der Waals surface area contributed by atoms with Gasteiger partial charge in [-0.15, -0.1) is 0 Å². The Hall–Kier alpha value is -2.18. The van der Waals surface area contributed by atoms with Crippen LogP contribution in [-0.2, 0) is 0 Å². The molecule has 1 atom stereocenters. The molecule has 2 rings (SSSR count). The Labute approximate surface area is 125 Å². The second kappa shape index (κ2) is 7.01. The van der Waals surface area contributed by atoms with Crippen molar-refractivity contribution in [2.45, 2.75) is 40.2 Å². The molecule has 0 aliphatic rings. The number of aromatic nitrogens is 5. The molecule has 2 aromatic rings. The summed E-state index contributed by atoms with van der Waals surface area (Å²) in [5.41, 5.74) is 0. The van der Waals surface area contributed by atoms with Gasteiger partial charge in [0.25, 0.3) is 0 Å². The van der Waals surface area contributed by atoms with E-state index in [9.17, 15) is 0 Å². The van der Waals surface area contributed by atoms with Gasteiger partial charge >= 0.3 is 0 Å². The van der Waals surface area contributed by atoms with Crippen LogP contribution in [0.2, 0.25) is 0 Å². The number of anilines is 2. The van der Waals surface area contributed by atoms with Crippen LogP contribution in [0.4, 0.5) is 11.9 Å². The number of hydrogen-bond acceptors (Lipinski definition) is 6. The average Bonchev–Trinajstić information content (AvgIpc) is 3.02. The van der Waals surface area contributed by atoms with Crippen molar-refractivity contribution in [1.29, 1.82) is 0 Å². The highest BCUT2D eigenvalue weighted by Crippen LogP contribution is 2.16. The molecule has 0 aliphatic carbocycles. The lowest BCUT2D eigenvalue weighted by atomic mass is 10.2. The highest BCUT2D eigenvalue weighted by Gasteiger charge is 2.17. The number of imidazole rings is 1. The van der Waals surface area contributed by atoms with Crippen LogP contribution in [0, 0.1) is 0 Å². The first-order valence-electron chi connectivity index (χ1n) is 7.44. The summed E-state index contributed by atoms with van der Waals surface area (Å²) in [5, 5.41) is 3.16. The maximum absolute atomic E-state index is 4.58. The summed E-state index contributed by atoms with van der Waals surface area (Å²) in [7, 11) is 0. The fourth-order valence-electron chi connectivity index (χ4n) is 2.08. The normalized spacial score (nSPS) is 12.2. The minimum absolute atomic E-state index is 0.377. The number of hydrogen-bond donors (Lipinski definition) is 1. The van der Waals surface area contributed by atoms with Crippen LogP contribution < -0.4 is 10.2 Å². The molecule has 7 heteroatoms. The topological polar surface area (TPSA) is 71.8 Å². The monoisotopic (exact) mass is 289 g/mol. The maximum Gasteiger partial charge on any atom is 0.241 e. The van der Waals surface area contributed by atoms with Crippen LogP contribution in [-0.4, -0.2) is 43.6 Å². The van der Waals surface area contributed by atoms with E-state index in [4.69, 9.17) is 0 Å². The van der Waals surface area contributed by atoms with Crippen molar-refractivity contribution in [3.63, 3.8) is 0 Å². The molecule has 1 N–H and O–H groups in total. The first-order valence-corrected chi connectivity index (χ1v) is 7.44. The zero-order valence-corrected chi connectivity index (χ0v) is 13.1. The molecule has 0 fully saturated rings. The van der Waals surface area contributed by atoms with E-state index >= 15 is 0 Å². The second-order valence-corrected chi connectivity index (χ2v) is 4.80. The van der Waals surface area contributed by atoms with Crippen LogP contribution >= 0.6 is 0 Å². The Morgan fingerprint density at radius 3 is 2.62 bits per heavy atom. The van der Waals surface area contributed by atoms with Crippen molar-refractivity contribution in [3.8, 4) is 5.95 Å². The second-order valence-electron chi connectivity index (χ2n) is 4.80. The summed E-state index contributed by atoms with van der Waals surface area (Å²) in [6.45, 7) is 10.1. The van der Waals surface area contributed by atoms with Gasteiger partial charge in [-0.1, -0.05) is 6.92 Å². The third-order valence-corrected chi connectivity index (χ3v) is 3.40. The summed E-state index contributed by atoms with van der Waals surface area (Å²) in [4.78, 5) is 19.8. The molecule has 0 spiro atoms. The van der Waals surface area contributed by atoms with Crippen LogP contribution in [0.25, 0.3) is 5.95 Å². The predicted octanol–water partition coefficient (Wildman–Crippen LogP) is 2.11. The molecule has 2 heterocycles. The van der Waals surface area contributed by atoms with Gasteiger partial charge in [0.2, 0.25) is 17.8 Å². The lowest BCUT2D eigenvalue weighted by Gasteiger charge is -2.27. The first-order chi connectivity index (χ1) is 10.2. The summed E-state index contributed by atoms with van der Waals surface area (Å²) in [5.74, 6) is 1.87. The molecule has 1 unspecified atom stereocenters. The molecule has 0 aliphatic heterocycles. The summed E-state index contributed by atoms with van der Waals surface area (Å²) >= 11 is 0. The van der Waals surface area contributed by atoms with E-state index in [1.165, 1.54) is 0 Å². The van der Waals surface area contributed by atoms with Gasteiger partial charge in [-0.3, -0.25) is 4.57 Å². The van der Waals surface area contributed by atoms with Crippen molar-refractivity contribution in [1.82, 2.24) is 24.5 Å². The van der Waals surface area contributed by atoms with Gasteiger partial charge in [0.05, 0.1) is 0 Å². The number of nitrogens with zero attached hydrogens (tertiary/aromatic N) is 6. The third-order valence-electron chi connectivity index (χ3n) is 3.40. The smallest absolute Gasteiger partial charge is 0.241 e. The lowest BCUT2D eigenvalue weighted by molar-refractivity contribution is 0.612. The van der Waals surface area contributed by atoms with E-state index in [2.05, 4.69) is 50.9 Å². The molecular formula is C14H23N7. The van der Waals surface area contributed by atoms with Gasteiger partial charge in [0, 0.05) is 31.5 Å². The SMILES string of the molecule is CCNc1nc(N(CC)C(C)CC)nc(-n2ccnc2)n1. The molecule has 0 saturated carbocycles. The van der Waals surface area contributed by atoms with Crippen molar-refractivity contribution >= 4 is 11.9 Å². The fraction of sp³-hybridized carbons (Fsp3) is 0.571. The van der Waals surface area contributed by atoms with Crippen molar-refractivity contribution in [2.24, 2.45) is 0 Å². The Bertz CT molecular complexity index is 552. The molecular weight excluding hydrogens is 266 g/mol. The van der Waals surface area contributed by atoms with Gasteiger partial charge in [-0.25, -0.2) is 4.98 Å². The van der Waals surface area contributed by atoms with Crippen LogP contribution in [0.3, 0.4) is 0 Å². The van der Waals surface area contributed by atoms with E-state index in [-0.39, 0.29) is 0 Å². The molecule has 0 amide bonds. The zero-order valence-electron chi connectivity index (χ0n) is 13.1. The van der Waals surface area contributed by atoms with Crippen LogP contribution in [0.5, 0.6) is 0 Å². The highest BCUT2D eigenvalue weighted by atomic mass is 15.3. The zero-order chi connectivity index (χ0) is 15.2. The Morgan fingerprint density at radius 2 is 2.05 bits per heavy atom. The minimum Gasteiger partial charge on any atom is -0.354 e. The summed E-state index contributed by atoms with van der Waals surface area (Å²) in [6, 6.07) is 0.377. The van der Waals surface area contributed by atoms with Crippen LogP contribution in [0.15, 0.2) is 18.7 Å². The third kappa shape index (κ3) is 3.48. The Kier molecular flexibility index (Phi) is 5.08. The Morgan fingerprint density at radius 1 is 1.24 bits per heavy atom. The van der Waals surface area contributed by atoms with E-state index in [1.807, 2.05) is 13.1 Å². The maximum atomic E-state index is 4.58. The van der Waals surface area contributed by atoms with Gasteiger partial charge < -0.3 is 10.2 Å². The summed E-state index contributed by atoms with van der Waals surface area (Å²) in [6.07, 6.45) is 6.27. The van der Waals surface area contributed by atoms with Crippen molar-refractivity contribution < 1.29 is 0 Å². The quantitative estimate of drug-likeness (QED) is 0.841. The van der Waals surface area contributed by atoms with E-state index in [0.29, 0.717) is 23.9 Å². The Balaban J connectivity index is 2.44. The van der Waals surface area contributed by atoms with E-state index < -0.39 is 0 Å². The lowest BCUT2D eigenvalue weighted by Crippen LogP contribution is -2.34. The predicted molar refractivity (Wildman–Crippen MR) is 83.9 cm³/mol. The standard InChI is InChI=1S/C14H23N7/c1-5-11(4)21(7-3)14-18-12(16-6-2)17-13(19-14)20-9-8-15-10-20/h8-11H,5-7H2,1-4H3,(H,16,17,18,19). The molecule has 0 bridgehead atoms. The fourth-order valence-corrected chi connectivity index (χ4v) is 2.08. The molecule has 114 valence electrons. The van der Waals surface area contributed by atoms with Gasteiger partial charge in [0.1, 0.15) is 6.33 Å². The van der Waals surface area contributed by atoms with Crippen molar-refractivity contribution in [3.05, 3.63) is 18.7 Å². The first kappa shape index (κ1) is 15.2. The van der Waals surface area contributed by atoms with E-state index in [0.717, 1.165) is 19.5 Å². The number of rotatable bonds is 7.